The first kappa shape index (κ1) is 18.6. The summed E-state index contributed by atoms with van der Waals surface area (Å²) in [5.41, 5.74) is 5.74. The van der Waals surface area contributed by atoms with Crippen molar-refractivity contribution in [1.29, 1.82) is 0 Å². The summed E-state index contributed by atoms with van der Waals surface area (Å²) in [6.07, 6.45) is 5.36. The van der Waals surface area contributed by atoms with Crippen LogP contribution in [0, 0.1) is 13.8 Å². The maximum Gasteiger partial charge on any atom is 0.226 e. The van der Waals surface area contributed by atoms with Gasteiger partial charge in [-0.05, 0) is 25.0 Å². The van der Waals surface area contributed by atoms with Crippen LogP contribution in [-0.4, -0.2) is 38.5 Å². The van der Waals surface area contributed by atoms with Crippen molar-refractivity contribution >= 4 is 23.5 Å². The molecule has 1 unspecified atom stereocenters. The van der Waals surface area contributed by atoms with Gasteiger partial charge in [-0.1, -0.05) is 24.6 Å². The van der Waals surface area contributed by atoms with E-state index in [0.29, 0.717) is 29.2 Å². The molecule has 144 valence electrons. The standard InChI is InChI=1S/C20H22ClN7/c1-11-5-12(2)17(23-6-11)18-15(21)8-25-20(27-18)28-9-13(3)16-14(10-28)7-24-19(22-4)26-16/h5-8,13H,9-10H2,1-4H3,(H,22,24,26). The van der Waals surface area contributed by atoms with E-state index in [1.807, 2.05) is 33.3 Å². The van der Waals surface area contributed by atoms with Gasteiger partial charge in [-0.3, -0.25) is 4.98 Å². The molecule has 0 radical (unpaired) electrons. The molecule has 4 heterocycles. The van der Waals surface area contributed by atoms with Gasteiger partial charge in [0, 0.05) is 44.0 Å². The van der Waals surface area contributed by atoms with E-state index >= 15 is 0 Å². The second kappa shape index (κ2) is 7.31. The van der Waals surface area contributed by atoms with Crippen molar-refractivity contribution in [3.05, 3.63) is 52.1 Å². The maximum atomic E-state index is 6.41. The van der Waals surface area contributed by atoms with Crippen molar-refractivity contribution in [3.8, 4) is 11.4 Å². The Hall–Kier alpha value is -2.80. The molecule has 0 aliphatic carbocycles. The molecule has 3 aromatic rings. The number of anilines is 2. The minimum Gasteiger partial charge on any atom is -0.357 e. The van der Waals surface area contributed by atoms with Gasteiger partial charge in [0.1, 0.15) is 5.69 Å². The third kappa shape index (κ3) is 3.38. The van der Waals surface area contributed by atoms with Crippen LogP contribution in [0.4, 0.5) is 11.9 Å². The zero-order valence-corrected chi connectivity index (χ0v) is 17.1. The Kier molecular flexibility index (Phi) is 4.85. The van der Waals surface area contributed by atoms with Crippen molar-refractivity contribution < 1.29 is 0 Å². The summed E-state index contributed by atoms with van der Waals surface area (Å²) in [7, 11) is 1.83. The van der Waals surface area contributed by atoms with Crippen molar-refractivity contribution in [1.82, 2.24) is 24.9 Å². The van der Waals surface area contributed by atoms with Gasteiger partial charge in [-0.15, -0.1) is 0 Å². The van der Waals surface area contributed by atoms with E-state index in [1.54, 1.807) is 6.20 Å². The lowest BCUT2D eigenvalue weighted by Crippen LogP contribution is -2.34. The first-order valence-corrected chi connectivity index (χ1v) is 9.58. The number of hydrogen-bond acceptors (Lipinski definition) is 7. The molecule has 0 saturated heterocycles. The van der Waals surface area contributed by atoms with Crippen LogP contribution in [0.3, 0.4) is 0 Å². The molecule has 3 aromatic heterocycles. The number of pyridine rings is 1. The van der Waals surface area contributed by atoms with E-state index in [9.17, 15) is 0 Å². The summed E-state index contributed by atoms with van der Waals surface area (Å²) in [4.78, 5) is 24.9. The number of nitrogens with one attached hydrogen (secondary N) is 1. The van der Waals surface area contributed by atoms with Crippen LogP contribution in [-0.2, 0) is 6.54 Å². The highest BCUT2D eigenvalue weighted by Gasteiger charge is 2.27. The van der Waals surface area contributed by atoms with E-state index in [1.165, 1.54) is 0 Å². The van der Waals surface area contributed by atoms with E-state index < -0.39 is 0 Å². The first-order chi connectivity index (χ1) is 13.5. The molecule has 1 aliphatic heterocycles. The minimum absolute atomic E-state index is 0.237. The van der Waals surface area contributed by atoms with Crippen LogP contribution in [0.1, 0.15) is 35.2 Å². The van der Waals surface area contributed by atoms with Gasteiger partial charge < -0.3 is 10.2 Å². The molecule has 28 heavy (non-hydrogen) atoms. The molecule has 1 N–H and O–H groups in total. The van der Waals surface area contributed by atoms with Gasteiger partial charge in [-0.2, -0.15) is 0 Å². The molecule has 0 amide bonds. The second-order valence-electron chi connectivity index (χ2n) is 7.18. The third-order valence-corrected chi connectivity index (χ3v) is 5.17. The summed E-state index contributed by atoms with van der Waals surface area (Å²) in [5, 5.41) is 3.50. The fourth-order valence-corrected chi connectivity index (χ4v) is 3.75. The molecular weight excluding hydrogens is 374 g/mol. The van der Waals surface area contributed by atoms with Crippen molar-refractivity contribution in [2.24, 2.45) is 0 Å². The van der Waals surface area contributed by atoms with Gasteiger partial charge in [0.25, 0.3) is 0 Å². The lowest BCUT2D eigenvalue weighted by atomic mass is 9.98. The summed E-state index contributed by atoms with van der Waals surface area (Å²) in [6, 6.07) is 2.08. The second-order valence-corrected chi connectivity index (χ2v) is 7.59. The van der Waals surface area contributed by atoms with Gasteiger partial charge in [-0.25, -0.2) is 19.9 Å². The number of rotatable bonds is 3. The Morgan fingerprint density at radius 3 is 2.64 bits per heavy atom. The summed E-state index contributed by atoms with van der Waals surface area (Å²) >= 11 is 6.41. The molecule has 0 saturated carbocycles. The van der Waals surface area contributed by atoms with Crippen LogP contribution in [0.25, 0.3) is 11.4 Å². The molecule has 4 rings (SSSR count). The molecule has 0 aromatic carbocycles. The highest BCUT2D eigenvalue weighted by atomic mass is 35.5. The monoisotopic (exact) mass is 395 g/mol. The predicted molar refractivity (Wildman–Crippen MR) is 111 cm³/mol. The Bertz CT molecular complexity index is 1040. The maximum absolute atomic E-state index is 6.41. The van der Waals surface area contributed by atoms with Crippen LogP contribution in [0.2, 0.25) is 5.02 Å². The van der Waals surface area contributed by atoms with Crippen LogP contribution >= 0.6 is 11.6 Å². The normalized spacial score (nSPS) is 16.0. The van der Waals surface area contributed by atoms with E-state index in [-0.39, 0.29) is 5.92 Å². The van der Waals surface area contributed by atoms with Gasteiger partial charge in [0.15, 0.2) is 0 Å². The summed E-state index contributed by atoms with van der Waals surface area (Å²) in [6.45, 7) is 7.62. The van der Waals surface area contributed by atoms with E-state index in [4.69, 9.17) is 16.6 Å². The average Bonchev–Trinajstić information content (AvgIpc) is 2.68. The predicted octanol–water partition coefficient (Wildman–Crippen LogP) is 3.76. The van der Waals surface area contributed by atoms with Crippen molar-refractivity contribution in [3.63, 3.8) is 0 Å². The van der Waals surface area contributed by atoms with Crippen LogP contribution in [0.5, 0.6) is 0 Å². The molecule has 0 bridgehead atoms. The highest BCUT2D eigenvalue weighted by molar-refractivity contribution is 6.32. The smallest absolute Gasteiger partial charge is 0.226 e. The average molecular weight is 396 g/mol. The minimum atomic E-state index is 0.237. The summed E-state index contributed by atoms with van der Waals surface area (Å²) < 4.78 is 0. The Morgan fingerprint density at radius 1 is 1.07 bits per heavy atom. The Labute approximate surface area is 169 Å². The van der Waals surface area contributed by atoms with Gasteiger partial charge >= 0.3 is 0 Å². The van der Waals surface area contributed by atoms with Crippen LogP contribution in [0.15, 0.2) is 24.7 Å². The lowest BCUT2D eigenvalue weighted by molar-refractivity contribution is 0.605. The summed E-state index contributed by atoms with van der Waals surface area (Å²) in [5.74, 6) is 1.52. The third-order valence-electron chi connectivity index (χ3n) is 4.90. The number of aryl methyl sites for hydroxylation is 2. The molecule has 0 fully saturated rings. The highest BCUT2D eigenvalue weighted by Crippen LogP contribution is 2.32. The fraction of sp³-hybridized carbons (Fsp3) is 0.350. The molecule has 1 atom stereocenters. The first-order valence-electron chi connectivity index (χ1n) is 9.21. The number of halogens is 1. The molecular formula is C20H22ClN7. The van der Waals surface area contributed by atoms with Gasteiger partial charge in [0.05, 0.1) is 22.6 Å². The topological polar surface area (TPSA) is 79.7 Å². The lowest BCUT2D eigenvalue weighted by Gasteiger charge is -2.32. The molecule has 8 heteroatoms. The van der Waals surface area contributed by atoms with Crippen molar-refractivity contribution in [2.45, 2.75) is 33.2 Å². The number of fused-ring (bicyclic) bond motifs is 1. The quantitative estimate of drug-likeness (QED) is 0.723. The fourth-order valence-electron chi connectivity index (χ4n) is 3.57. The Balaban J connectivity index is 1.70. The molecule has 7 nitrogen and oxygen atoms in total. The van der Waals surface area contributed by atoms with Gasteiger partial charge in [0.2, 0.25) is 11.9 Å². The van der Waals surface area contributed by atoms with Crippen LogP contribution < -0.4 is 10.2 Å². The SMILES string of the molecule is CNc1ncc2c(n1)C(C)CN(c1ncc(Cl)c(-c3ncc(C)cc3C)n1)C2. The number of hydrogen-bond donors (Lipinski definition) is 1. The zero-order valence-electron chi connectivity index (χ0n) is 16.4. The largest absolute Gasteiger partial charge is 0.357 e. The Morgan fingerprint density at radius 2 is 1.89 bits per heavy atom. The zero-order chi connectivity index (χ0) is 19.8. The number of aromatic nitrogens is 5. The van der Waals surface area contributed by atoms with E-state index in [2.05, 4.69) is 43.1 Å². The van der Waals surface area contributed by atoms with Crippen molar-refractivity contribution in [2.75, 3.05) is 23.8 Å². The van der Waals surface area contributed by atoms with E-state index in [0.717, 1.165) is 34.6 Å². The molecule has 1 aliphatic rings. The molecule has 0 spiro atoms. The number of nitrogens with zero attached hydrogens (tertiary/aromatic N) is 6.